The summed E-state index contributed by atoms with van der Waals surface area (Å²) >= 11 is 1.25. The third kappa shape index (κ3) is 4.32. The third-order valence-electron chi connectivity index (χ3n) is 4.23. The molecule has 3 aromatic rings. The maximum absolute atomic E-state index is 12.8. The van der Waals surface area contributed by atoms with Crippen molar-refractivity contribution in [2.45, 2.75) is 32.4 Å². The van der Waals surface area contributed by atoms with Gasteiger partial charge in [-0.3, -0.25) is 4.79 Å². The summed E-state index contributed by atoms with van der Waals surface area (Å²) < 4.78 is 0. The highest BCUT2D eigenvalue weighted by Gasteiger charge is 2.27. The van der Waals surface area contributed by atoms with E-state index in [1.807, 2.05) is 56.3 Å². The molecule has 6 nitrogen and oxygen atoms in total. The number of aromatic nitrogens is 2. The SMILES string of the molecule is C[C@@H](O)c1cccc(-c2cccc(C(=O)NC(C)(C)c3nnc(N)s3)c2)c1. The molecule has 7 heteroatoms. The van der Waals surface area contributed by atoms with Crippen molar-refractivity contribution < 1.29 is 9.90 Å². The summed E-state index contributed by atoms with van der Waals surface area (Å²) in [6.45, 7) is 5.45. The first-order valence-electron chi connectivity index (χ1n) is 8.57. The van der Waals surface area contributed by atoms with Crippen molar-refractivity contribution in [3.8, 4) is 11.1 Å². The molecule has 1 amide bonds. The standard InChI is InChI=1S/C20H22N4O2S/c1-12(25)13-6-4-7-14(10-13)15-8-5-9-16(11-15)17(26)22-20(2,3)18-23-24-19(21)27-18/h4-12,25H,1-3H3,(H2,21,24)(H,22,26)/t12-/m1/s1. The lowest BCUT2D eigenvalue weighted by atomic mass is 9.99. The predicted octanol–water partition coefficient (Wildman–Crippen LogP) is 3.51. The lowest BCUT2D eigenvalue weighted by molar-refractivity contribution is 0.0911. The normalized spacial score (nSPS) is 12.6. The van der Waals surface area contributed by atoms with Crippen molar-refractivity contribution >= 4 is 22.4 Å². The van der Waals surface area contributed by atoms with E-state index in [2.05, 4.69) is 15.5 Å². The fourth-order valence-corrected chi connectivity index (χ4v) is 3.38. The molecule has 0 fully saturated rings. The second-order valence-electron chi connectivity index (χ2n) is 6.91. The van der Waals surface area contributed by atoms with Crippen LogP contribution in [0.2, 0.25) is 0 Å². The van der Waals surface area contributed by atoms with Crippen LogP contribution in [0.3, 0.4) is 0 Å². The minimum atomic E-state index is -0.686. The molecular weight excluding hydrogens is 360 g/mol. The molecule has 0 unspecified atom stereocenters. The van der Waals surface area contributed by atoms with E-state index >= 15 is 0 Å². The number of aliphatic hydroxyl groups excluding tert-OH is 1. The summed E-state index contributed by atoms with van der Waals surface area (Å²) in [5.74, 6) is -0.206. The van der Waals surface area contributed by atoms with Crippen LogP contribution in [0.1, 0.15) is 47.8 Å². The molecule has 4 N–H and O–H groups in total. The molecule has 27 heavy (non-hydrogen) atoms. The average Bonchev–Trinajstić information content (AvgIpc) is 3.09. The number of hydrogen-bond acceptors (Lipinski definition) is 6. The smallest absolute Gasteiger partial charge is 0.252 e. The number of rotatable bonds is 5. The van der Waals surface area contributed by atoms with Gasteiger partial charge in [0.2, 0.25) is 5.13 Å². The van der Waals surface area contributed by atoms with E-state index in [9.17, 15) is 9.90 Å². The summed E-state index contributed by atoms with van der Waals surface area (Å²) in [4.78, 5) is 12.8. The lowest BCUT2D eigenvalue weighted by Gasteiger charge is -2.23. The van der Waals surface area contributed by atoms with Gasteiger partial charge in [0.1, 0.15) is 5.01 Å². The zero-order valence-corrected chi connectivity index (χ0v) is 16.2. The van der Waals surface area contributed by atoms with Crippen molar-refractivity contribution in [3.05, 3.63) is 64.7 Å². The van der Waals surface area contributed by atoms with Crippen molar-refractivity contribution in [1.29, 1.82) is 0 Å². The molecule has 1 aromatic heterocycles. The number of benzene rings is 2. The highest BCUT2D eigenvalue weighted by molar-refractivity contribution is 7.15. The van der Waals surface area contributed by atoms with Crippen molar-refractivity contribution in [2.24, 2.45) is 0 Å². The maximum atomic E-state index is 12.8. The second kappa shape index (κ2) is 7.46. The number of nitrogens with zero attached hydrogens (tertiary/aromatic N) is 2. The Morgan fingerprint density at radius 1 is 1.15 bits per heavy atom. The van der Waals surface area contributed by atoms with Gasteiger partial charge in [-0.05, 0) is 55.7 Å². The number of carbonyl (C=O) groups excluding carboxylic acids is 1. The van der Waals surface area contributed by atoms with Crippen LogP contribution in [-0.4, -0.2) is 21.2 Å². The van der Waals surface area contributed by atoms with Crippen LogP contribution in [0.15, 0.2) is 48.5 Å². The van der Waals surface area contributed by atoms with Gasteiger partial charge in [-0.2, -0.15) is 0 Å². The van der Waals surface area contributed by atoms with Crippen LogP contribution in [0.4, 0.5) is 5.13 Å². The highest BCUT2D eigenvalue weighted by atomic mass is 32.1. The number of nitrogens with one attached hydrogen (secondary N) is 1. The molecule has 1 atom stereocenters. The number of aliphatic hydroxyl groups is 1. The molecule has 0 saturated carbocycles. The van der Waals surface area contributed by atoms with Crippen molar-refractivity contribution in [2.75, 3.05) is 5.73 Å². The Labute approximate surface area is 162 Å². The van der Waals surface area contributed by atoms with E-state index in [0.29, 0.717) is 15.7 Å². The van der Waals surface area contributed by atoms with Gasteiger partial charge in [0.15, 0.2) is 0 Å². The summed E-state index contributed by atoms with van der Waals surface area (Å²) in [6, 6.07) is 15.0. The molecule has 0 aliphatic rings. The van der Waals surface area contributed by atoms with Gasteiger partial charge in [-0.1, -0.05) is 41.7 Å². The van der Waals surface area contributed by atoms with Crippen LogP contribution >= 0.6 is 11.3 Å². The van der Waals surface area contributed by atoms with Gasteiger partial charge in [0.25, 0.3) is 5.91 Å². The van der Waals surface area contributed by atoms with E-state index in [-0.39, 0.29) is 5.91 Å². The summed E-state index contributed by atoms with van der Waals surface area (Å²) in [5, 5.41) is 21.6. The second-order valence-corrected chi connectivity index (χ2v) is 7.92. The third-order valence-corrected chi connectivity index (χ3v) is 5.30. The lowest BCUT2D eigenvalue weighted by Crippen LogP contribution is -2.41. The van der Waals surface area contributed by atoms with Crippen LogP contribution < -0.4 is 11.1 Å². The molecule has 0 aliphatic carbocycles. The largest absolute Gasteiger partial charge is 0.389 e. The first-order chi connectivity index (χ1) is 12.8. The van der Waals surface area contributed by atoms with Crippen LogP contribution in [0.25, 0.3) is 11.1 Å². The molecule has 2 aromatic carbocycles. The van der Waals surface area contributed by atoms with Gasteiger partial charge < -0.3 is 16.2 Å². The van der Waals surface area contributed by atoms with Crippen molar-refractivity contribution in [3.63, 3.8) is 0 Å². The number of hydrogen-bond donors (Lipinski definition) is 3. The first kappa shape index (κ1) is 19.0. The Morgan fingerprint density at radius 3 is 2.44 bits per heavy atom. The molecule has 0 saturated heterocycles. The van der Waals surface area contributed by atoms with Crippen LogP contribution in [0.5, 0.6) is 0 Å². The topological polar surface area (TPSA) is 101 Å². The molecular formula is C20H22N4O2S. The van der Waals surface area contributed by atoms with E-state index in [0.717, 1.165) is 16.7 Å². The minimum Gasteiger partial charge on any atom is -0.389 e. The molecule has 3 rings (SSSR count). The Balaban J connectivity index is 1.85. The predicted molar refractivity (Wildman–Crippen MR) is 107 cm³/mol. The Morgan fingerprint density at radius 2 is 1.81 bits per heavy atom. The van der Waals surface area contributed by atoms with Crippen LogP contribution in [-0.2, 0) is 5.54 Å². The molecule has 0 aliphatic heterocycles. The zero-order valence-electron chi connectivity index (χ0n) is 15.4. The van der Waals surface area contributed by atoms with Gasteiger partial charge in [-0.15, -0.1) is 10.2 Å². The van der Waals surface area contributed by atoms with E-state index < -0.39 is 11.6 Å². The first-order valence-corrected chi connectivity index (χ1v) is 9.38. The highest BCUT2D eigenvalue weighted by Crippen LogP contribution is 2.27. The number of nitrogen functional groups attached to an aromatic ring is 1. The fraction of sp³-hybridized carbons (Fsp3) is 0.250. The Bertz CT molecular complexity index is 966. The molecule has 140 valence electrons. The molecule has 0 spiro atoms. The van der Waals surface area contributed by atoms with E-state index in [1.54, 1.807) is 13.0 Å². The summed E-state index contributed by atoms with van der Waals surface area (Å²) in [6.07, 6.45) is -0.545. The summed E-state index contributed by atoms with van der Waals surface area (Å²) in [5.41, 5.74) is 8.19. The summed E-state index contributed by atoms with van der Waals surface area (Å²) in [7, 11) is 0. The monoisotopic (exact) mass is 382 g/mol. The Kier molecular flexibility index (Phi) is 5.25. The maximum Gasteiger partial charge on any atom is 0.252 e. The van der Waals surface area contributed by atoms with E-state index in [1.165, 1.54) is 11.3 Å². The van der Waals surface area contributed by atoms with Gasteiger partial charge >= 0.3 is 0 Å². The number of nitrogens with two attached hydrogens (primary N) is 1. The minimum absolute atomic E-state index is 0.206. The van der Waals surface area contributed by atoms with Gasteiger partial charge in [-0.25, -0.2) is 0 Å². The zero-order chi connectivity index (χ0) is 19.6. The Hall–Kier alpha value is -2.77. The van der Waals surface area contributed by atoms with Crippen LogP contribution in [0, 0.1) is 0 Å². The van der Waals surface area contributed by atoms with Gasteiger partial charge in [0.05, 0.1) is 11.6 Å². The fourth-order valence-electron chi connectivity index (χ4n) is 2.71. The van der Waals surface area contributed by atoms with E-state index in [4.69, 9.17) is 5.73 Å². The molecule has 1 heterocycles. The van der Waals surface area contributed by atoms with Crippen molar-refractivity contribution in [1.82, 2.24) is 15.5 Å². The van der Waals surface area contributed by atoms with Gasteiger partial charge in [0, 0.05) is 5.56 Å². The number of carbonyl (C=O) groups is 1. The quantitative estimate of drug-likeness (QED) is 0.627. The molecule has 0 bridgehead atoms. The number of anilines is 1. The number of amides is 1. The average molecular weight is 382 g/mol. The molecule has 0 radical (unpaired) electrons.